The van der Waals surface area contributed by atoms with Gasteiger partial charge in [0.1, 0.15) is 0 Å². The Balaban J connectivity index is 1.30. The summed E-state index contributed by atoms with van der Waals surface area (Å²) in [6.45, 7) is 5.41. The van der Waals surface area contributed by atoms with E-state index in [-0.39, 0.29) is 11.8 Å². The SMILES string of the molecule is O=C(c1ccco1)N1CCC(N2CCC[C@@H](C(=O)N3CCCC3)C2)CC1. The van der Waals surface area contributed by atoms with Crippen molar-refractivity contribution in [2.24, 2.45) is 5.92 Å². The average Bonchev–Trinajstić information content (AvgIpc) is 3.41. The van der Waals surface area contributed by atoms with Crippen molar-refractivity contribution in [2.45, 2.75) is 44.6 Å². The maximum absolute atomic E-state index is 12.7. The van der Waals surface area contributed by atoms with Crippen molar-refractivity contribution in [3.05, 3.63) is 24.2 Å². The molecule has 1 aromatic heterocycles. The molecule has 142 valence electrons. The van der Waals surface area contributed by atoms with E-state index < -0.39 is 0 Å². The van der Waals surface area contributed by atoms with Crippen molar-refractivity contribution in [1.29, 1.82) is 0 Å². The first-order chi connectivity index (χ1) is 12.7. The molecule has 26 heavy (non-hydrogen) atoms. The molecule has 4 heterocycles. The molecule has 6 heteroatoms. The van der Waals surface area contributed by atoms with Gasteiger partial charge < -0.3 is 14.2 Å². The molecule has 3 aliphatic heterocycles. The number of furan rings is 1. The molecule has 0 saturated carbocycles. The molecule has 3 saturated heterocycles. The number of carbonyl (C=O) groups is 2. The van der Waals surface area contributed by atoms with Crippen LogP contribution in [0.1, 0.15) is 49.1 Å². The van der Waals surface area contributed by atoms with Gasteiger partial charge in [0.2, 0.25) is 5.91 Å². The number of piperidine rings is 2. The minimum atomic E-state index is -0.00539. The van der Waals surface area contributed by atoms with Gasteiger partial charge in [0.05, 0.1) is 12.2 Å². The quantitative estimate of drug-likeness (QED) is 0.830. The maximum atomic E-state index is 12.7. The van der Waals surface area contributed by atoms with E-state index in [1.165, 1.54) is 0 Å². The molecule has 3 fully saturated rings. The number of hydrogen-bond donors (Lipinski definition) is 0. The first kappa shape index (κ1) is 17.6. The van der Waals surface area contributed by atoms with Gasteiger partial charge in [-0.3, -0.25) is 14.5 Å². The van der Waals surface area contributed by atoms with E-state index in [4.69, 9.17) is 4.42 Å². The van der Waals surface area contributed by atoms with Crippen LogP contribution in [-0.4, -0.2) is 71.8 Å². The average molecular weight is 359 g/mol. The van der Waals surface area contributed by atoms with E-state index in [0.29, 0.717) is 17.7 Å². The Morgan fingerprint density at radius 2 is 1.69 bits per heavy atom. The third-order valence-corrected chi connectivity index (χ3v) is 6.22. The van der Waals surface area contributed by atoms with Crippen LogP contribution in [0.3, 0.4) is 0 Å². The fourth-order valence-corrected chi connectivity index (χ4v) is 4.73. The van der Waals surface area contributed by atoms with Gasteiger partial charge in [-0.1, -0.05) is 0 Å². The summed E-state index contributed by atoms with van der Waals surface area (Å²) in [5.41, 5.74) is 0. The summed E-state index contributed by atoms with van der Waals surface area (Å²) in [5, 5.41) is 0. The molecule has 0 N–H and O–H groups in total. The number of likely N-dealkylation sites (tertiary alicyclic amines) is 3. The lowest BCUT2D eigenvalue weighted by Gasteiger charge is -2.42. The second-order valence-electron chi connectivity index (χ2n) is 7.87. The molecule has 4 rings (SSSR count). The molecule has 2 amide bonds. The van der Waals surface area contributed by atoms with Crippen molar-refractivity contribution in [2.75, 3.05) is 39.3 Å². The van der Waals surface area contributed by atoms with E-state index in [1.807, 2.05) is 4.90 Å². The third-order valence-electron chi connectivity index (χ3n) is 6.22. The summed E-state index contributed by atoms with van der Waals surface area (Å²) in [5.74, 6) is 0.967. The standard InChI is InChI=1S/C20H29N3O3/c24-19(21-9-1-2-10-21)16-5-3-11-23(15-16)17-7-12-22(13-8-17)20(25)18-6-4-14-26-18/h4,6,14,16-17H,1-3,5,7-13,15H2/t16-/m1/s1. The molecule has 1 atom stereocenters. The zero-order chi connectivity index (χ0) is 17.9. The van der Waals surface area contributed by atoms with Crippen LogP contribution in [0.25, 0.3) is 0 Å². The zero-order valence-electron chi connectivity index (χ0n) is 15.4. The minimum absolute atomic E-state index is 0.00539. The van der Waals surface area contributed by atoms with Crippen LogP contribution in [0.4, 0.5) is 0 Å². The molecule has 6 nitrogen and oxygen atoms in total. The molecular weight excluding hydrogens is 330 g/mol. The first-order valence-corrected chi connectivity index (χ1v) is 10.1. The Labute approximate surface area is 155 Å². The van der Waals surface area contributed by atoms with Crippen LogP contribution in [0.2, 0.25) is 0 Å². The van der Waals surface area contributed by atoms with Gasteiger partial charge in [-0.2, -0.15) is 0 Å². The van der Waals surface area contributed by atoms with Gasteiger partial charge in [0.15, 0.2) is 5.76 Å². The predicted octanol–water partition coefficient (Wildman–Crippen LogP) is 2.22. The van der Waals surface area contributed by atoms with Gasteiger partial charge in [-0.15, -0.1) is 0 Å². The van der Waals surface area contributed by atoms with E-state index >= 15 is 0 Å². The number of hydrogen-bond acceptors (Lipinski definition) is 4. The van der Waals surface area contributed by atoms with Gasteiger partial charge in [-0.25, -0.2) is 0 Å². The highest BCUT2D eigenvalue weighted by Gasteiger charge is 2.35. The van der Waals surface area contributed by atoms with Crippen molar-refractivity contribution in [3.8, 4) is 0 Å². The number of amides is 2. The zero-order valence-corrected chi connectivity index (χ0v) is 15.4. The summed E-state index contributed by atoms with van der Waals surface area (Å²) in [4.78, 5) is 31.6. The Morgan fingerprint density at radius 1 is 0.923 bits per heavy atom. The lowest BCUT2D eigenvalue weighted by molar-refractivity contribution is -0.136. The first-order valence-electron chi connectivity index (χ1n) is 10.1. The van der Waals surface area contributed by atoms with Crippen molar-refractivity contribution in [1.82, 2.24) is 14.7 Å². The van der Waals surface area contributed by atoms with Crippen LogP contribution >= 0.6 is 0 Å². The molecule has 0 aromatic carbocycles. The van der Waals surface area contributed by atoms with Gasteiger partial charge >= 0.3 is 0 Å². The fraction of sp³-hybridized carbons (Fsp3) is 0.700. The molecule has 0 spiro atoms. The van der Waals surface area contributed by atoms with Gasteiger partial charge in [0, 0.05) is 38.8 Å². The van der Waals surface area contributed by atoms with E-state index in [1.54, 1.807) is 18.4 Å². The highest BCUT2D eigenvalue weighted by Crippen LogP contribution is 2.26. The Bertz CT molecular complexity index is 616. The second-order valence-corrected chi connectivity index (χ2v) is 7.87. The number of nitrogens with zero attached hydrogens (tertiary/aromatic N) is 3. The topological polar surface area (TPSA) is 57.0 Å². The summed E-state index contributed by atoms with van der Waals surface area (Å²) in [6, 6.07) is 3.98. The molecule has 0 aliphatic carbocycles. The summed E-state index contributed by atoms with van der Waals surface area (Å²) < 4.78 is 5.24. The monoisotopic (exact) mass is 359 g/mol. The van der Waals surface area contributed by atoms with Crippen molar-refractivity contribution < 1.29 is 14.0 Å². The van der Waals surface area contributed by atoms with E-state index in [2.05, 4.69) is 9.80 Å². The molecule has 0 unspecified atom stereocenters. The summed E-state index contributed by atoms with van der Waals surface area (Å²) in [7, 11) is 0. The van der Waals surface area contributed by atoms with Crippen LogP contribution in [-0.2, 0) is 4.79 Å². The normalized spacial score (nSPS) is 25.6. The summed E-state index contributed by atoms with van der Waals surface area (Å²) in [6.07, 6.45) is 7.96. The highest BCUT2D eigenvalue weighted by molar-refractivity contribution is 5.91. The predicted molar refractivity (Wildman–Crippen MR) is 97.7 cm³/mol. The van der Waals surface area contributed by atoms with Crippen molar-refractivity contribution >= 4 is 11.8 Å². The Kier molecular flexibility index (Phi) is 5.29. The van der Waals surface area contributed by atoms with E-state index in [0.717, 1.165) is 77.8 Å². The Hall–Kier alpha value is -1.82. The smallest absolute Gasteiger partial charge is 0.289 e. The fourth-order valence-electron chi connectivity index (χ4n) is 4.73. The minimum Gasteiger partial charge on any atom is -0.459 e. The lowest BCUT2D eigenvalue weighted by atomic mass is 9.93. The molecular formula is C20H29N3O3. The van der Waals surface area contributed by atoms with Crippen LogP contribution in [0, 0.1) is 5.92 Å². The lowest BCUT2D eigenvalue weighted by Crippen LogP contribution is -2.51. The third kappa shape index (κ3) is 3.65. The molecule has 1 aromatic rings. The summed E-state index contributed by atoms with van der Waals surface area (Å²) >= 11 is 0. The number of rotatable bonds is 3. The van der Waals surface area contributed by atoms with Crippen LogP contribution in [0.5, 0.6) is 0 Å². The molecule has 0 radical (unpaired) electrons. The molecule has 3 aliphatic rings. The highest BCUT2D eigenvalue weighted by atomic mass is 16.3. The largest absolute Gasteiger partial charge is 0.459 e. The van der Waals surface area contributed by atoms with E-state index in [9.17, 15) is 9.59 Å². The van der Waals surface area contributed by atoms with Crippen LogP contribution in [0.15, 0.2) is 22.8 Å². The van der Waals surface area contributed by atoms with Crippen LogP contribution < -0.4 is 0 Å². The molecule has 0 bridgehead atoms. The maximum Gasteiger partial charge on any atom is 0.289 e. The van der Waals surface area contributed by atoms with Gasteiger partial charge in [-0.05, 0) is 57.2 Å². The van der Waals surface area contributed by atoms with Gasteiger partial charge in [0.25, 0.3) is 5.91 Å². The second kappa shape index (κ2) is 7.82. The Morgan fingerprint density at radius 3 is 2.38 bits per heavy atom. The number of carbonyl (C=O) groups excluding carboxylic acids is 2. The van der Waals surface area contributed by atoms with Crippen molar-refractivity contribution in [3.63, 3.8) is 0 Å².